The summed E-state index contributed by atoms with van der Waals surface area (Å²) in [6.45, 7) is 8.59. The van der Waals surface area contributed by atoms with Crippen LogP contribution in [0.3, 0.4) is 0 Å². The lowest BCUT2D eigenvalue weighted by atomic mass is 9.89. The first-order chi connectivity index (χ1) is 11.4. The lowest BCUT2D eigenvalue weighted by Crippen LogP contribution is -2.31. The number of benzene rings is 1. The molecule has 3 nitrogen and oxygen atoms in total. The fourth-order valence-electron chi connectivity index (χ4n) is 3.05. The van der Waals surface area contributed by atoms with Crippen molar-refractivity contribution in [2.45, 2.75) is 33.2 Å². The maximum atomic E-state index is 4.86. The Labute approximate surface area is 149 Å². The van der Waals surface area contributed by atoms with Crippen LogP contribution < -0.4 is 9.99 Å². The zero-order valence-corrected chi connectivity index (χ0v) is 15.8. The summed E-state index contributed by atoms with van der Waals surface area (Å²) >= 11 is 0. The second-order valence-corrected chi connectivity index (χ2v) is 8.85. The Bertz CT molecular complexity index is 996. The minimum Gasteiger partial charge on any atom is -0.375 e. The van der Waals surface area contributed by atoms with Crippen molar-refractivity contribution in [1.82, 2.24) is 4.98 Å². The zero-order valence-electron chi connectivity index (χ0n) is 14.2. The molecule has 122 valence electrons. The minimum absolute atomic E-state index is 0.0907. The molecular formula is C19H19N3S2. The van der Waals surface area contributed by atoms with Gasteiger partial charge in [-0.25, -0.2) is 9.98 Å². The molecule has 0 saturated heterocycles. The highest BCUT2D eigenvalue weighted by Gasteiger charge is 2.33. The largest absolute Gasteiger partial charge is 0.375 e. The second-order valence-electron chi connectivity index (χ2n) is 6.72. The van der Waals surface area contributed by atoms with E-state index in [-0.39, 0.29) is 5.54 Å². The first-order valence-electron chi connectivity index (χ1n) is 7.95. The van der Waals surface area contributed by atoms with Crippen molar-refractivity contribution in [2.75, 3.05) is 5.32 Å². The summed E-state index contributed by atoms with van der Waals surface area (Å²) in [5.74, 6) is 0.775. The monoisotopic (exact) mass is 353 g/mol. The summed E-state index contributed by atoms with van der Waals surface area (Å²) in [5, 5.41) is 3.67. The predicted octanol–water partition coefficient (Wildman–Crippen LogP) is 5.38. The molecule has 1 N–H and O–H groups in total. The SMILES string of the molecule is Cc1ccc2c(c1)-c1c(ssc1=Nc1cccc(C)n1)C(C)(C)N2. The van der Waals surface area contributed by atoms with Gasteiger partial charge < -0.3 is 5.32 Å². The van der Waals surface area contributed by atoms with Gasteiger partial charge in [-0.15, -0.1) is 0 Å². The summed E-state index contributed by atoms with van der Waals surface area (Å²) in [6.07, 6.45) is 0. The molecule has 1 aliphatic rings. The van der Waals surface area contributed by atoms with Crippen molar-refractivity contribution < 1.29 is 0 Å². The normalized spacial score (nSPS) is 15.6. The molecule has 4 rings (SSSR count). The van der Waals surface area contributed by atoms with Crippen LogP contribution in [0.1, 0.15) is 30.0 Å². The second kappa shape index (κ2) is 5.53. The van der Waals surface area contributed by atoms with Crippen molar-refractivity contribution in [1.29, 1.82) is 0 Å². The molecule has 2 aromatic heterocycles. The zero-order chi connectivity index (χ0) is 16.9. The number of fused-ring (bicyclic) bond motifs is 3. The fourth-order valence-corrected chi connectivity index (χ4v) is 5.98. The average molecular weight is 354 g/mol. The van der Waals surface area contributed by atoms with Gasteiger partial charge in [0.05, 0.1) is 10.4 Å². The van der Waals surface area contributed by atoms with E-state index in [1.807, 2.05) is 35.5 Å². The van der Waals surface area contributed by atoms with Crippen LogP contribution in [0.5, 0.6) is 0 Å². The average Bonchev–Trinajstić information content (AvgIpc) is 2.93. The quantitative estimate of drug-likeness (QED) is 0.596. The molecule has 1 aromatic carbocycles. The Morgan fingerprint density at radius 3 is 2.71 bits per heavy atom. The van der Waals surface area contributed by atoms with Gasteiger partial charge in [0, 0.05) is 22.5 Å². The van der Waals surface area contributed by atoms with E-state index in [0.29, 0.717) is 0 Å². The third kappa shape index (κ3) is 2.58. The molecule has 0 fully saturated rings. The van der Waals surface area contributed by atoms with Crippen LogP contribution in [0, 0.1) is 13.8 Å². The molecule has 0 unspecified atom stereocenters. The van der Waals surface area contributed by atoms with Crippen LogP contribution in [0.2, 0.25) is 0 Å². The summed E-state index contributed by atoms with van der Waals surface area (Å²) in [7, 11) is 3.54. The number of anilines is 1. The first kappa shape index (κ1) is 15.5. The molecule has 3 aromatic rings. The van der Waals surface area contributed by atoms with Gasteiger partial charge in [-0.3, -0.25) is 0 Å². The Morgan fingerprint density at radius 1 is 1.08 bits per heavy atom. The van der Waals surface area contributed by atoms with Crippen LogP contribution in [-0.4, -0.2) is 4.98 Å². The van der Waals surface area contributed by atoms with Gasteiger partial charge in [-0.2, -0.15) is 0 Å². The smallest absolute Gasteiger partial charge is 0.153 e. The number of pyridine rings is 1. The molecule has 0 amide bonds. The highest BCUT2D eigenvalue weighted by molar-refractivity contribution is 7.68. The van der Waals surface area contributed by atoms with Gasteiger partial charge in [0.25, 0.3) is 0 Å². The van der Waals surface area contributed by atoms with E-state index < -0.39 is 0 Å². The number of hydrogen-bond acceptors (Lipinski definition) is 5. The van der Waals surface area contributed by atoms with E-state index in [1.54, 1.807) is 10.3 Å². The molecule has 5 heteroatoms. The molecule has 0 aliphatic carbocycles. The fraction of sp³-hybridized carbons (Fsp3) is 0.263. The summed E-state index contributed by atoms with van der Waals surface area (Å²) in [4.78, 5) is 10.7. The Morgan fingerprint density at radius 2 is 1.92 bits per heavy atom. The number of nitrogens with zero attached hydrogens (tertiary/aromatic N) is 2. The summed E-state index contributed by atoms with van der Waals surface area (Å²) < 4.78 is 1.05. The van der Waals surface area contributed by atoms with Gasteiger partial charge in [0.1, 0.15) is 4.67 Å². The maximum Gasteiger partial charge on any atom is 0.153 e. The molecule has 1 aliphatic heterocycles. The van der Waals surface area contributed by atoms with E-state index >= 15 is 0 Å². The lowest BCUT2D eigenvalue weighted by molar-refractivity contribution is 0.619. The third-order valence-electron chi connectivity index (χ3n) is 4.19. The van der Waals surface area contributed by atoms with Gasteiger partial charge in [0.15, 0.2) is 5.82 Å². The number of aryl methyl sites for hydroxylation is 2. The number of rotatable bonds is 1. The molecule has 24 heavy (non-hydrogen) atoms. The number of hydrogen-bond donors (Lipinski definition) is 1. The van der Waals surface area contributed by atoms with Crippen molar-refractivity contribution in [3.05, 3.63) is 57.2 Å². The van der Waals surface area contributed by atoms with Crippen LogP contribution in [0.4, 0.5) is 11.5 Å². The van der Waals surface area contributed by atoms with Crippen molar-refractivity contribution in [2.24, 2.45) is 4.99 Å². The topological polar surface area (TPSA) is 37.3 Å². The van der Waals surface area contributed by atoms with E-state index in [2.05, 4.69) is 49.3 Å². The van der Waals surface area contributed by atoms with Crippen molar-refractivity contribution >= 4 is 32.2 Å². The standard InChI is InChI=1S/C19H19N3S2/c1-11-8-9-14-13(10-11)16-17(19(3,4)22-14)23-24-18(16)21-15-7-5-6-12(2)20-15/h5-10,22H,1-4H3. The van der Waals surface area contributed by atoms with Gasteiger partial charge in [0.2, 0.25) is 0 Å². The van der Waals surface area contributed by atoms with Crippen LogP contribution in [0.25, 0.3) is 11.1 Å². The van der Waals surface area contributed by atoms with Crippen LogP contribution in [-0.2, 0) is 5.54 Å². The number of aromatic nitrogens is 1. The van der Waals surface area contributed by atoms with Gasteiger partial charge in [-0.05, 0) is 52.0 Å². The molecule has 0 atom stereocenters. The van der Waals surface area contributed by atoms with E-state index in [0.717, 1.165) is 16.2 Å². The van der Waals surface area contributed by atoms with Gasteiger partial charge in [-0.1, -0.05) is 38.4 Å². The first-order valence-corrected chi connectivity index (χ1v) is 10.1. The molecular weight excluding hydrogens is 334 g/mol. The highest BCUT2D eigenvalue weighted by atomic mass is 32.9. The van der Waals surface area contributed by atoms with Crippen LogP contribution >= 0.6 is 20.7 Å². The van der Waals surface area contributed by atoms with Gasteiger partial charge >= 0.3 is 0 Å². The maximum absolute atomic E-state index is 4.86. The predicted molar refractivity (Wildman–Crippen MR) is 103 cm³/mol. The van der Waals surface area contributed by atoms with E-state index in [4.69, 9.17) is 4.99 Å². The molecule has 0 bridgehead atoms. The number of nitrogens with one attached hydrogen (secondary N) is 1. The molecule has 0 spiro atoms. The Kier molecular flexibility index (Phi) is 3.58. The molecule has 0 saturated carbocycles. The van der Waals surface area contributed by atoms with E-state index in [1.165, 1.54) is 27.3 Å². The Hall–Kier alpha value is -1.98. The van der Waals surface area contributed by atoms with Crippen molar-refractivity contribution in [3.8, 4) is 11.1 Å². The lowest BCUT2D eigenvalue weighted by Gasteiger charge is -2.33. The van der Waals surface area contributed by atoms with Crippen molar-refractivity contribution in [3.63, 3.8) is 0 Å². The highest BCUT2D eigenvalue weighted by Crippen LogP contribution is 2.45. The van der Waals surface area contributed by atoms with Crippen LogP contribution in [0.15, 0.2) is 41.4 Å². The summed E-state index contributed by atoms with van der Waals surface area (Å²) in [6, 6.07) is 12.5. The Balaban J connectivity index is 2.00. The van der Waals surface area contributed by atoms with E-state index in [9.17, 15) is 0 Å². The minimum atomic E-state index is -0.0907. The molecule has 0 radical (unpaired) electrons. The third-order valence-corrected chi connectivity index (χ3v) is 6.84. The summed E-state index contributed by atoms with van der Waals surface area (Å²) in [5.41, 5.74) is 5.84. The molecule has 3 heterocycles.